The summed E-state index contributed by atoms with van der Waals surface area (Å²) in [5, 5.41) is 0. The Labute approximate surface area is 114 Å². The number of nitrogens with zero attached hydrogens (tertiary/aromatic N) is 1. The van der Waals surface area contributed by atoms with E-state index in [-0.39, 0.29) is 5.54 Å². The first-order valence-electron chi connectivity index (χ1n) is 6.99. The van der Waals surface area contributed by atoms with Crippen LogP contribution in [-0.4, -0.2) is 4.98 Å². The van der Waals surface area contributed by atoms with E-state index in [1.54, 1.807) is 0 Å². The molecule has 0 radical (unpaired) electrons. The molecule has 98 valence electrons. The van der Waals surface area contributed by atoms with Crippen LogP contribution in [0, 0.1) is 6.92 Å². The molecule has 1 unspecified atom stereocenters. The van der Waals surface area contributed by atoms with Crippen molar-refractivity contribution in [3.63, 3.8) is 0 Å². The first-order chi connectivity index (χ1) is 9.20. The van der Waals surface area contributed by atoms with Crippen LogP contribution in [0.25, 0.3) is 0 Å². The van der Waals surface area contributed by atoms with Gasteiger partial charge in [0.05, 0.1) is 5.54 Å². The highest BCUT2D eigenvalue weighted by Gasteiger charge is 2.33. The zero-order chi connectivity index (χ0) is 13.3. The molecule has 2 aromatic rings. The van der Waals surface area contributed by atoms with Gasteiger partial charge in [-0.2, -0.15) is 0 Å². The second-order valence-corrected chi connectivity index (χ2v) is 5.59. The van der Waals surface area contributed by atoms with Crippen LogP contribution in [0.1, 0.15) is 41.5 Å². The Balaban J connectivity index is 2.17. The summed E-state index contributed by atoms with van der Waals surface area (Å²) in [6.45, 7) is 2.07. The highest BCUT2D eigenvalue weighted by atomic mass is 14.8. The summed E-state index contributed by atoms with van der Waals surface area (Å²) in [4.78, 5) is 4.33. The number of fused-ring (bicyclic) bond motifs is 1. The maximum atomic E-state index is 6.82. The lowest BCUT2D eigenvalue weighted by atomic mass is 9.80. The van der Waals surface area contributed by atoms with Gasteiger partial charge in [0.1, 0.15) is 0 Å². The van der Waals surface area contributed by atoms with Gasteiger partial charge in [-0.3, -0.25) is 4.98 Å². The van der Waals surface area contributed by atoms with Crippen molar-refractivity contribution in [2.75, 3.05) is 0 Å². The monoisotopic (exact) mass is 252 g/mol. The molecule has 19 heavy (non-hydrogen) atoms. The van der Waals surface area contributed by atoms with Crippen LogP contribution in [0.4, 0.5) is 0 Å². The van der Waals surface area contributed by atoms with Crippen molar-refractivity contribution < 1.29 is 0 Å². The normalized spacial score (nSPS) is 22.6. The number of pyridine rings is 1. The van der Waals surface area contributed by atoms with Crippen LogP contribution in [0.15, 0.2) is 42.7 Å². The van der Waals surface area contributed by atoms with E-state index < -0.39 is 0 Å². The lowest BCUT2D eigenvalue weighted by Gasteiger charge is -2.31. The first-order valence-corrected chi connectivity index (χ1v) is 6.99. The van der Waals surface area contributed by atoms with Gasteiger partial charge in [0, 0.05) is 12.4 Å². The summed E-state index contributed by atoms with van der Waals surface area (Å²) >= 11 is 0. The molecule has 1 aromatic heterocycles. The van der Waals surface area contributed by atoms with E-state index in [0.29, 0.717) is 0 Å². The van der Waals surface area contributed by atoms with E-state index in [4.69, 9.17) is 5.73 Å². The standard InChI is InChI=1S/C17H20N2/c1-13-10-15(12-19-11-13)17(18)9-5-4-7-14-6-2-3-8-16(14)17/h2-3,6,8,10-12H,4-5,7,9,18H2,1H3. The fourth-order valence-corrected chi connectivity index (χ4v) is 3.13. The van der Waals surface area contributed by atoms with E-state index in [0.717, 1.165) is 18.4 Å². The number of hydrogen-bond donors (Lipinski definition) is 1. The van der Waals surface area contributed by atoms with Gasteiger partial charge in [0.15, 0.2) is 0 Å². The van der Waals surface area contributed by atoms with E-state index in [1.165, 1.54) is 29.5 Å². The molecule has 1 aromatic carbocycles. The Morgan fingerprint density at radius 3 is 2.84 bits per heavy atom. The third kappa shape index (κ3) is 2.17. The predicted octanol–water partition coefficient (Wildman–Crippen LogP) is 3.32. The van der Waals surface area contributed by atoms with Crippen molar-refractivity contribution >= 4 is 0 Å². The van der Waals surface area contributed by atoms with Crippen molar-refractivity contribution in [3.05, 3.63) is 65.0 Å². The van der Waals surface area contributed by atoms with Gasteiger partial charge in [0.2, 0.25) is 0 Å². The van der Waals surface area contributed by atoms with Crippen molar-refractivity contribution in [2.45, 2.75) is 38.1 Å². The van der Waals surface area contributed by atoms with E-state index in [1.807, 2.05) is 12.4 Å². The number of nitrogens with two attached hydrogens (primary N) is 1. The van der Waals surface area contributed by atoms with E-state index >= 15 is 0 Å². The Kier molecular flexibility index (Phi) is 3.11. The summed E-state index contributed by atoms with van der Waals surface area (Å²) in [7, 11) is 0. The molecular formula is C17H20N2. The van der Waals surface area contributed by atoms with Crippen LogP contribution < -0.4 is 5.73 Å². The fourth-order valence-electron chi connectivity index (χ4n) is 3.13. The second kappa shape index (κ2) is 4.78. The zero-order valence-corrected chi connectivity index (χ0v) is 11.4. The van der Waals surface area contributed by atoms with Gasteiger partial charge < -0.3 is 5.73 Å². The van der Waals surface area contributed by atoms with Gasteiger partial charge >= 0.3 is 0 Å². The van der Waals surface area contributed by atoms with Gasteiger partial charge in [-0.05, 0) is 48.4 Å². The quantitative estimate of drug-likeness (QED) is 0.791. The molecule has 1 atom stereocenters. The zero-order valence-electron chi connectivity index (χ0n) is 11.4. The lowest BCUT2D eigenvalue weighted by Crippen LogP contribution is -2.38. The summed E-state index contributed by atoms with van der Waals surface area (Å²) in [6, 6.07) is 10.8. The average Bonchev–Trinajstić information content (AvgIpc) is 2.60. The fraction of sp³-hybridized carbons (Fsp3) is 0.353. The molecular weight excluding hydrogens is 232 g/mol. The molecule has 1 heterocycles. The second-order valence-electron chi connectivity index (χ2n) is 5.59. The number of hydrogen-bond acceptors (Lipinski definition) is 2. The first kappa shape index (κ1) is 12.4. The number of aromatic nitrogens is 1. The van der Waals surface area contributed by atoms with Crippen molar-refractivity contribution in [3.8, 4) is 0 Å². The van der Waals surface area contributed by atoms with Gasteiger partial charge in [-0.25, -0.2) is 0 Å². The molecule has 2 nitrogen and oxygen atoms in total. The largest absolute Gasteiger partial charge is 0.318 e. The Morgan fingerprint density at radius 2 is 2.00 bits per heavy atom. The summed E-state index contributed by atoms with van der Waals surface area (Å²) in [6.07, 6.45) is 8.32. The van der Waals surface area contributed by atoms with Gasteiger partial charge in [-0.15, -0.1) is 0 Å². The van der Waals surface area contributed by atoms with Crippen molar-refractivity contribution in [1.82, 2.24) is 4.98 Å². The van der Waals surface area contributed by atoms with Crippen LogP contribution in [0.2, 0.25) is 0 Å². The molecule has 0 aliphatic heterocycles. The molecule has 0 saturated carbocycles. The minimum atomic E-state index is -0.383. The maximum absolute atomic E-state index is 6.82. The number of benzene rings is 1. The van der Waals surface area contributed by atoms with Crippen LogP contribution in [0.5, 0.6) is 0 Å². The minimum absolute atomic E-state index is 0.383. The molecule has 2 N–H and O–H groups in total. The molecule has 1 aliphatic carbocycles. The third-order valence-electron chi connectivity index (χ3n) is 4.16. The molecule has 3 rings (SSSR count). The Hall–Kier alpha value is -1.67. The number of aryl methyl sites for hydroxylation is 2. The molecule has 1 aliphatic rings. The number of rotatable bonds is 1. The summed E-state index contributed by atoms with van der Waals surface area (Å²) < 4.78 is 0. The summed E-state index contributed by atoms with van der Waals surface area (Å²) in [5.74, 6) is 0. The van der Waals surface area contributed by atoms with Crippen LogP contribution >= 0.6 is 0 Å². The maximum Gasteiger partial charge on any atom is 0.0683 e. The molecule has 0 spiro atoms. The molecule has 0 saturated heterocycles. The minimum Gasteiger partial charge on any atom is -0.318 e. The van der Waals surface area contributed by atoms with Crippen LogP contribution in [0.3, 0.4) is 0 Å². The molecule has 0 fully saturated rings. The molecule has 2 heteroatoms. The van der Waals surface area contributed by atoms with Gasteiger partial charge in [0.25, 0.3) is 0 Å². The van der Waals surface area contributed by atoms with E-state index in [9.17, 15) is 0 Å². The highest BCUT2D eigenvalue weighted by Crippen LogP contribution is 2.37. The van der Waals surface area contributed by atoms with Gasteiger partial charge in [-0.1, -0.05) is 36.8 Å². The van der Waals surface area contributed by atoms with Crippen LogP contribution in [-0.2, 0) is 12.0 Å². The SMILES string of the molecule is Cc1cncc(C2(N)CCCCc3ccccc32)c1. The lowest BCUT2D eigenvalue weighted by molar-refractivity contribution is 0.478. The topological polar surface area (TPSA) is 38.9 Å². The van der Waals surface area contributed by atoms with Crippen molar-refractivity contribution in [2.24, 2.45) is 5.73 Å². The predicted molar refractivity (Wildman–Crippen MR) is 77.9 cm³/mol. The average molecular weight is 252 g/mol. The Bertz CT molecular complexity index is 591. The smallest absolute Gasteiger partial charge is 0.0683 e. The molecule has 0 bridgehead atoms. The third-order valence-corrected chi connectivity index (χ3v) is 4.16. The van der Waals surface area contributed by atoms with E-state index in [2.05, 4.69) is 42.2 Å². The Morgan fingerprint density at radius 1 is 1.16 bits per heavy atom. The highest BCUT2D eigenvalue weighted by molar-refractivity contribution is 5.43. The summed E-state index contributed by atoms with van der Waals surface area (Å²) in [5.41, 5.74) is 11.4. The molecule has 0 amide bonds. The van der Waals surface area contributed by atoms with Crippen molar-refractivity contribution in [1.29, 1.82) is 0 Å².